The molecule has 1 N–H and O–H groups in total. The Balaban J connectivity index is 1.46. The maximum atomic E-state index is 13.2. The first-order valence-corrected chi connectivity index (χ1v) is 10.2. The fourth-order valence-corrected chi connectivity index (χ4v) is 4.13. The molecule has 8 nitrogen and oxygen atoms in total. The molecule has 0 saturated carbocycles. The van der Waals surface area contributed by atoms with Gasteiger partial charge >= 0.3 is 0 Å². The zero-order chi connectivity index (χ0) is 22.0. The van der Waals surface area contributed by atoms with E-state index in [1.165, 1.54) is 37.7 Å². The van der Waals surface area contributed by atoms with Gasteiger partial charge in [0.15, 0.2) is 0 Å². The SMILES string of the molecule is COc1cc(OC)cc(C(=O)Nc2nnc(C3CC(=O)N(c4ccc(F)cc4)C3)s2)c1. The molecule has 160 valence electrons. The average Bonchev–Trinajstić information content (AvgIpc) is 3.40. The summed E-state index contributed by atoms with van der Waals surface area (Å²) in [5.41, 5.74) is 0.991. The Morgan fingerprint density at radius 2 is 1.81 bits per heavy atom. The summed E-state index contributed by atoms with van der Waals surface area (Å²) < 4.78 is 23.5. The number of methoxy groups -OCH3 is 2. The van der Waals surface area contributed by atoms with E-state index in [1.807, 2.05) is 0 Å². The number of ether oxygens (including phenoxy) is 2. The van der Waals surface area contributed by atoms with E-state index in [0.29, 0.717) is 39.4 Å². The van der Waals surface area contributed by atoms with E-state index in [2.05, 4.69) is 15.5 Å². The van der Waals surface area contributed by atoms with Crippen molar-refractivity contribution in [1.82, 2.24) is 10.2 Å². The van der Waals surface area contributed by atoms with Crippen LogP contribution in [0.5, 0.6) is 11.5 Å². The van der Waals surface area contributed by atoms with E-state index in [-0.39, 0.29) is 30.0 Å². The number of carbonyl (C=O) groups is 2. The number of halogens is 1. The molecule has 1 atom stereocenters. The van der Waals surface area contributed by atoms with E-state index in [0.717, 1.165) is 0 Å². The zero-order valence-electron chi connectivity index (χ0n) is 16.8. The fraction of sp³-hybridized carbons (Fsp3) is 0.238. The van der Waals surface area contributed by atoms with Crippen molar-refractivity contribution in [3.63, 3.8) is 0 Å². The lowest BCUT2D eigenvalue weighted by Crippen LogP contribution is -2.24. The van der Waals surface area contributed by atoms with Crippen LogP contribution in [0.25, 0.3) is 0 Å². The van der Waals surface area contributed by atoms with Gasteiger partial charge in [0, 0.05) is 36.2 Å². The fourth-order valence-electron chi connectivity index (χ4n) is 3.30. The van der Waals surface area contributed by atoms with Crippen molar-refractivity contribution in [2.24, 2.45) is 0 Å². The molecule has 1 saturated heterocycles. The normalized spacial score (nSPS) is 15.8. The molecule has 2 amide bonds. The Morgan fingerprint density at radius 1 is 1.13 bits per heavy atom. The summed E-state index contributed by atoms with van der Waals surface area (Å²) >= 11 is 1.22. The van der Waals surface area contributed by atoms with Crippen LogP contribution in [0.3, 0.4) is 0 Å². The molecule has 0 aliphatic carbocycles. The second-order valence-corrected chi connectivity index (χ2v) is 7.89. The van der Waals surface area contributed by atoms with Crippen LogP contribution in [0, 0.1) is 5.82 Å². The van der Waals surface area contributed by atoms with E-state index in [9.17, 15) is 14.0 Å². The highest BCUT2D eigenvalue weighted by Gasteiger charge is 2.34. The van der Waals surface area contributed by atoms with Gasteiger partial charge in [-0.05, 0) is 36.4 Å². The van der Waals surface area contributed by atoms with Crippen molar-refractivity contribution in [3.8, 4) is 11.5 Å². The van der Waals surface area contributed by atoms with Crippen LogP contribution in [0.1, 0.15) is 27.7 Å². The third-order valence-electron chi connectivity index (χ3n) is 4.89. The Hall–Kier alpha value is -3.53. The van der Waals surface area contributed by atoms with Crippen molar-refractivity contribution in [2.45, 2.75) is 12.3 Å². The topological polar surface area (TPSA) is 93.6 Å². The molecule has 4 rings (SSSR count). The third-order valence-corrected chi connectivity index (χ3v) is 5.89. The number of anilines is 2. The maximum Gasteiger partial charge on any atom is 0.257 e. The average molecular weight is 442 g/mol. The van der Waals surface area contributed by atoms with Gasteiger partial charge in [0.25, 0.3) is 5.91 Å². The highest BCUT2D eigenvalue weighted by molar-refractivity contribution is 7.15. The minimum absolute atomic E-state index is 0.0686. The summed E-state index contributed by atoms with van der Waals surface area (Å²) in [6, 6.07) is 10.6. The summed E-state index contributed by atoms with van der Waals surface area (Å²) in [5.74, 6) is 0.0274. The van der Waals surface area contributed by atoms with Crippen LogP contribution in [0.15, 0.2) is 42.5 Å². The minimum Gasteiger partial charge on any atom is -0.497 e. The van der Waals surface area contributed by atoms with E-state index < -0.39 is 0 Å². The van der Waals surface area contributed by atoms with Gasteiger partial charge in [-0.2, -0.15) is 0 Å². The van der Waals surface area contributed by atoms with Crippen LogP contribution in [-0.4, -0.2) is 42.8 Å². The molecule has 2 heterocycles. The first-order chi connectivity index (χ1) is 15.0. The first kappa shape index (κ1) is 20.7. The number of rotatable bonds is 6. The minimum atomic E-state index is -0.379. The number of nitrogens with one attached hydrogen (secondary N) is 1. The molecule has 2 aromatic carbocycles. The van der Waals surface area contributed by atoms with Crippen molar-refractivity contribution in [1.29, 1.82) is 0 Å². The Bertz CT molecular complexity index is 1100. The quantitative estimate of drug-likeness (QED) is 0.628. The summed E-state index contributed by atoms with van der Waals surface area (Å²) in [5, 5.41) is 11.9. The lowest BCUT2D eigenvalue weighted by atomic mass is 10.1. The molecular weight excluding hydrogens is 423 g/mol. The number of aromatic nitrogens is 2. The van der Waals surface area contributed by atoms with Crippen molar-refractivity contribution in [2.75, 3.05) is 31.0 Å². The molecule has 10 heteroatoms. The van der Waals surface area contributed by atoms with Gasteiger partial charge in [-0.25, -0.2) is 4.39 Å². The molecule has 0 spiro atoms. The first-order valence-electron chi connectivity index (χ1n) is 9.40. The Morgan fingerprint density at radius 3 is 2.45 bits per heavy atom. The molecule has 0 radical (unpaired) electrons. The molecule has 1 fully saturated rings. The number of carbonyl (C=O) groups excluding carboxylic acids is 2. The van der Waals surface area contributed by atoms with Gasteiger partial charge < -0.3 is 14.4 Å². The molecule has 0 bridgehead atoms. The number of nitrogens with zero attached hydrogens (tertiary/aromatic N) is 3. The van der Waals surface area contributed by atoms with E-state index in [1.54, 1.807) is 35.2 Å². The highest BCUT2D eigenvalue weighted by atomic mass is 32.1. The van der Waals surface area contributed by atoms with Crippen LogP contribution >= 0.6 is 11.3 Å². The van der Waals surface area contributed by atoms with Gasteiger partial charge in [0.2, 0.25) is 11.0 Å². The number of hydrogen-bond donors (Lipinski definition) is 1. The molecular formula is C21H19FN4O4S. The zero-order valence-corrected chi connectivity index (χ0v) is 17.6. The maximum absolute atomic E-state index is 13.2. The largest absolute Gasteiger partial charge is 0.497 e. The number of amides is 2. The summed E-state index contributed by atoms with van der Waals surface area (Å²) in [6.45, 7) is 0.417. The summed E-state index contributed by atoms with van der Waals surface area (Å²) in [4.78, 5) is 26.7. The van der Waals surface area contributed by atoms with Crippen molar-refractivity contribution in [3.05, 3.63) is 58.9 Å². The van der Waals surface area contributed by atoms with Crippen molar-refractivity contribution >= 4 is 34.0 Å². The standard InChI is InChI=1S/C21H19FN4O4S/c1-29-16-7-12(8-17(10-16)30-2)19(28)23-21-25-24-20(31-21)13-9-18(27)26(11-13)15-5-3-14(22)4-6-15/h3-8,10,13H,9,11H2,1-2H3,(H,23,25,28). The Kier molecular flexibility index (Phi) is 5.81. The molecule has 3 aromatic rings. The highest BCUT2D eigenvalue weighted by Crippen LogP contribution is 2.34. The number of hydrogen-bond acceptors (Lipinski definition) is 7. The lowest BCUT2D eigenvalue weighted by Gasteiger charge is -2.16. The third kappa shape index (κ3) is 4.48. The van der Waals surface area contributed by atoms with Gasteiger partial charge in [0.1, 0.15) is 22.3 Å². The molecule has 1 aliphatic heterocycles. The van der Waals surface area contributed by atoms with Crippen LogP contribution in [0.2, 0.25) is 0 Å². The van der Waals surface area contributed by atoms with Gasteiger partial charge in [-0.15, -0.1) is 10.2 Å². The van der Waals surface area contributed by atoms with E-state index >= 15 is 0 Å². The molecule has 31 heavy (non-hydrogen) atoms. The Labute approximate surface area is 181 Å². The predicted octanol–water partition coefficient (Wildman–Crippen LogP) is 3.47. The van der Waals surface area contributed by atoms with Gasteiger partial charge in [-0.1, -0.05) is 11.3 Å². The molecule has 1 aromatic heterocycles. The van der Waals surface area contributed by atoms with Crippen LogP contribution < -0.4 is 19.7 Å². The number of benzene rings is 2. The molecule has 1 unspecified atom stereocenters. The summed E-state index contributed by atoms with van der Waals surface area (Å²) in [7, 11) is 3.01. The van der Waals surface area contributed by atoms with Crippen LogP contribution in [0.4, 0.5) is 15.2 Å². The molecule has 1 aliphatic rings. The monoisotopic (exact) mass is 442 g/mol. The second kappa shape index (κ2) is 8.68. The summed E-state index contributed by atoms with van der Waals surface area (Å²) in [6.07, 6.45) is 0.271. The van der Waals surface area contributed by atoms with E-state index in [4.69, 9.17) is 9.47 Å². The predicted molar refractivity (Wildman–Crippen MR) is 114 cm³/mol. The van der Waals surface area contributed by atoms with Crippen LogP contribution in [-0.2, 0) is 4.79 Å². The van der Waals surface area contributed by atoms with Gasteiger partial charge in [0.05, 0.1) is 14.2 Å². The lowest BCUT2D eigenvalue weighted by molar-refractivity contribution is -0.117. The van der Waals surface area contributed by atoms with Crippen molar-refractivity contribution < 1.29 is 23.5 Å². The smallest absolute Gasteiger partial charge is 0.257 e. The second-order valence-electron chi connectivity index (χ2n) is 6.88. The van der Waals surface area contributed by atoms with Gasteiger partial charge in [-0.3, -0.25) is 14.9 Å².